The molecule has 9 aromatic carbocycles. The molecule has 0 unspecified atom stereocenters. The number of fused-ring (bicyclic) bond motifs is 5. The second-order valence-corrected chi connectivity index (χ2v) is 18.5. The molecule has 0 fully saturated rings. The molecule has 0 aliphatic heterocycles. The highest BCUT2D eigenvalue weighted by Crippen LogP contribution is 2.37. The average Bonchev–Trinajstić information content (AvgIpc) is 3.69. The Bertz CT molecular complexity index is 3190. The van der Waals surface area contributed by atoms with Crippen LogP contribution in [0, 0.1) is 0 Å². The van der Waals surface area contributed by atoms with Gasteiger partial charge in [0.05, 0.1) is 0 Å². The van der Waals surface area contributed by atoms with Crippen LogP contribution < -0.4 is 20.7 Å². The van der Waals surface area contributed by atoms with Crippen molar-refractivity contribution >= 4 is 72.3 Å². The van der Waals surface area contributed by atoms with Gasteiger partial charge in [-0.15, -0.1) is 0 Å². The topological polar surface area (TPSA) is 51.8 Å². The molecule has 58 heavy (non-hydrogen) atoms. The predicted octanol–water partition coefficient (Wildman–Crippen LogP) is 10.5. The Morgan fingerprint density at radius 3 is 1.55 bits per heavy atom. The van der Waals surface area contributed by atoms with Gasteiger partial charge in [0.1, 0.15) is 11.2 Å². The maximum atomic E-state index is 6.36. The van der Waals surface area contributed by atoms with Crippen molar-refractivity contribution < 1.29 is 4.42 Å². The van der Waals surface area contributed by atoms with Crippen molar-refractivity contribution in [3.63, 3.8) is 0 Å². The number of rotatable bonds is 7. The van der Waals surface area contributed by atoms with E-state index in [1.807, 2.05) is 30.3 Å². The van der Waals surface area contributed by atoms with Crippen molar-refractivity contribution in [2.24, 2.45) is 0 Å². The second-order valence-electron chi connectivity index (χ2n) is 14.7. The molecule has 0 saturated carbocycles. The molecular formula is C53H35N3OSi. The van der Waals surface area contributed by atoms with Gasteiger partial charge >= 0.3 is 0 Å². The van der Waals surface area contributed by atoms with E-state index in [9.17, 15) is 0 Å². The summed E-state index contributed by atoms with van der Waals surface area (Å²) in [5, 5.41) is 11.7. The monoisotopic (exact) mass is 757 g/mol. The normalized spacial score (nSPS) is 11.8. The highest BCUT2D eigenvalue weighted by molar-refractivity contribution is 7.20. The Kier molecular flexibility index (Phi) is 8.12. The van der Waals surface area contributed by atoms with E-state index in [-0.39, 0.29) is 0 Å². The molecule has 272 valence electrons. The third kappa shape index (κ3) is 5.55. The molecule has 0 aliphatic rings. The van der Waals surface area contributed by atoms with Crippen molar-refractivity contribution in [1.82, 2.24) is 15.0 Å². The van der Waals surface area contributed by atoms with Crippen LogP contribution in [-0.4, -0.2) is 23.0 Å². The van der Waals surface area contributed by atoms with Crippen LogP contribution in [0.2, 0.25) is 0 Å². The van der Waals surface area contributed by atoms with Crippen LogP contribution in [0.4, 0.5) is 0 Å². The minimum Gasteiger partial charge on any atom is -0.456 e. The molecule has 0 N–H and O–H groups in total. The zero-order chi connectivity index (χ0) is 38.5. The van der Waals surface area contributed by atoms with Crippen LogP contribution in [0.25, 0.3) is 77.6 Å². The van der Waals surface area contributed by atoms with Gasteiger partial charge in [-0.3, -0.25) is 0 Å². The van der Waals surface area contributed by atoms with Crippen LogP contribution in [-0.2, 0) is 0 Å². The van der Waals surface area contributed by atoms with Gasteiger partial charge in [0.15, 0.2) is 25.5 Å². The Balaban J connectivity index is 1.24. The molecule has 11 rings (SSSR count). The lowest BCUT2D eigenvalue weighted by Gasteiger charge is -2.35. The van der Waals surface area contributed by atoms with Gasteiger partial charge in [-0.2, -0.15) is 0 Å². The first kappa shape index (κ1) is 33.8. The highest BCUT2D eigenvalue weighted by Gasteiger charge is 2.42. The summed E-state index contributed by atoms with van der Waals surface area (Å²) in [5.74, 6) is 1.83. The van der Waals surface area contributed by atoms with E-state index in [1.165, 1.54) is 20.7 Å². The van der Waals surface area contributed by atoms with Gasteiger partial charge in [0.2, 0.25) is 0 Å². The van der Waals surface area contributed by atoms with Gasteiger partial charge in [0.25, 0.3) is 0 Å². The summed E-state index contributed by atoms with van der Waals surface area (Å²) in [6, 6.07) is 75.7. The lowest BCUT2D eigenvalue weighted by atomic mass is 10.0. The van der Waals surface area contributed by atoms with Gasteiger partial charge < -0.3 is 4.42 Å². The van der Waals surface area contributed by atoms with Crippen molar-refractivity contribution in [1.29, 1.82) is 0 Å². The van der Waals surface area contributed by atoms with E-state index in [0.717, 1.165) is 60.2 Å². The third-order valence-corrected chi connectivity index (χ3v) is 16.2. The molecule has 2 heterocycles. The summed E-state index contributed by atoms with van der Waals surface area (Å²) in [6.45, 7) is 0. The summed E-state index contributed by atoms with van der Waals surface area (Å²) >= 11 is 0. The SMILES string of the molecule is c1ccc([Si](c2ccccc2)(c2ccccc2)c2cc(-c3nc(-c4ccc5ccccc5c4)nc(-c4cccc5oc6ccccc6c45)n3)c3ccccc3c2)cc1. The fourth-order valence-corrected chi connectivity index (χ4v) is 13.6. The highest BCUT2D eigenvalue weighted by atomic mass is 28.3. The molecule has 0 bridgehead atoms. The van der Waals surface area contributed by atoms with Crippen molar-refractivity contribution in [3.8, 4) is 34.2 Å². The van der Waals surface area contributed by atoms with Crippen LogP contribution in [0.3, 0.4) is 0 Å². The summed E-state index contributed by atoms with van der Waals surface area (Å²) < 4.78 is 6.36. The van der Waals surface area contributed by atoms with E-state index >= 15 is 0 Å². The van der Waals surface area contributed by atoms with Crippen molar-refractivity contribution in [3.05, 3.63) is 212 Å². The molecule has 0 amide bonds. The van der Waals surface area contributed by atoms with Gasteiger partial charge in [0, 0.05) is 27.5 Å². The van der Waals surface area contributed by atoms with Crippen LogP contribution in [0.5, 0.6) is 0 Å². The summed E-state index contributed by atoms with van der Waals surface area (Å²) in [5.41, 5.74) is 4.41. The van der Waals surface area contributed by atoms with E-state index in [4.69, 9.17) is 19.4 Å². The summed E-state index contributed by atoms with van der Waals surface area (Å²) in [4.78, 5) is 16.1. The fraction of sp³-hybridized carbons (Fsp3) is 0. The zero-order valence-electron chi connectivity index (χ0n) is 31.5. The van der Waals surface area contributed by atoms with Gasteiger partial charge in [-0.25, -0.2) is 15.0 Å². The molecule has 0 spiro atoms. The van der Waals surface area contributed by atoms with Crippen molar-refractivity contribution in [2.45, 2.75) is 0 Å². The van der Waals surface area contributed by atoms with E-state index < -0.39 is 8.07 Å². The smallest absolute Gasteiger partial charge is 0.179 e. The van der Waals surface area contributed by atoms with Crippen LogP contribution in [0.15, 0.2) is 217 Å². The Labute approximate surface area is 336 Å². The standard InChI is InChI=1S/C53H35N3OSi/c1-4-20-40(21-5-1)58(41-22-6-2-7-23-41,42-24-8-3-9-25-42)43-34-38-19-12-13-26-44(38)47(35-43)53-55-51(39-32-31-36-17-10-11-18-37(36)33-39)54-52(56-53)46-28-16-30-49-50(46)45-27-14-15-29-48(45)57-49/h1-35H. The molecule has 0 aliphatic carbocycles. The van der Waals surface area contributed by atoms with Crippen LogP contribution in [0.1, 0.15) is 0 Å². The summed E-state index contributed by atoms with van der Waals surface area (Å²) in [6.07, 6.45) is 0. The summed E-state index contributed by atoms with van der Waals surface area (Å²) in [7, 11) is -2.91. The molecule has 2 aromatic heterocycles. The Morgan fingerprint density at radius 2 is 0.862 bits per heavy atom. The fourth-order valence-electron chi connectivity index (χ4n) is 8.81. The van der Waals surface area contributed by atoms with Crippen LogP contribution >= 0.6 is 0 Å². The van der Waals surface area contributed by atoms with E-state index in [1.54, 1.807) is 0 Å². The van der Waals surface area contributed by atoms with Gasteiger partial charge in [-0.05, 0) is 60.5 Å². The number of benzene rings is 9. The number of hydrogen-bond acceptors (Lipinski definition) is 4. The quantitative estimate of drug-likeness (QED) is 0.120. The molecule has 0 atom stereocenters. The number of aromatic nitrogens is 3. The maximum absolute atomic E-state index is 6.36. The average molecular weight is 758 g/mol. The molecule has 0 radical (unpaired) electrons. The Morgan fingerprint density at radius 1 is 0.328 bits per heavy atom. The number of nitrogens with zero attached hydrogens (tertiary/aromatic N) is 3. The second kappa shape index (κ2) is 13.9. The first-order valence-electron chi connectivity index (χ1n) is 19.6. The first-order valence-corrected chi connectivity index (χ1v) is 21.6. The number of hydrogen-bond donors (Lipinski definition) is 0. The molecule has 4 nitrogen and oxygen atoms in total. The van der Waals surface area contributed by atoms with E-state index in [0.29, 0.717) is 17.5 Å². The molecule has 0 saturated heterocycles. The maximum Gasteiger partial charge on any atom is 0.179 e. The van der Waals surface area contributed by atoms with Gasteiger partial charge in [-0.1, -0.05) is 194 Å². The lowest BCUT2D eigenvalue weighted by molar-refractivity contribution is 0.669. The third-order valence-electron chi connectivity index (χ3n) is 11.4. The molecule has 11 aromatic rings. The minimum absolute atomic E-state index is 0.595. The van der Waals surface area contributed by atoms with Crippen molar-refractivity contribution in [2.75, 3.05) is 0 Å². The number of para-hydroxylation sites is 1. The Hall–Kier alpha value is -7.47. The lowest BCUT2D eigenvalue weighted by Crippen LogP contribution is -2.74. The largest absolute Gasteiger partial charge is 0.456 e. The minimum atomic E-state index is -2.91. The first-order chi connectivity index (χ1) is 28.7. The number of furan rings is 1. The molecule has 5 heteroatoms. The van der Waals surface area contributed by atoms with E-state index in [2.05, 4.69) is 182 Å². The predicted molar refractivity (Wildman–Crippen MR) is 242 cm³/mol. The zero-order valence-corrected chi connectivity index (χ0v) is 32.5. The molecular weight excluding hydrogens is 723 g/mol.